The maximum Gasteiger partial charge on any atom is 0.148 e. The minimum atomic E-state index is 0.552. The van der Waals surface area contributed by atoms with Gasteiger partial charge < -0.3 is 10.2 Å². The first-order valence-electron chi connectivity index (χ1n) is 4.54. The summed E-state index contributed by atoms with van der Waals surface area (Å²) in [5, 5.41) is 4.39. The fourth-order valence-electron chi connectivity index (χ4n) is 1.51. The molecule has 0 radical (unpaired) electrons. The molecule has 0 unspecified atom stereocenters. The summed E-state index contributed by atoms with van der Waals surface area (Å²) in [6, 6.07) is 1.70. The number of nitrogens with one attached hydrogen (secondary N) is 1. The molecule has 0 amide bonds. The number of hydrogen-bond donors (Lipinski definition) is 1. The van der Waals surface area contributed by atoms with E-state index in [4.69, 9.17) is 23.2 Å². The zero-order valence-electron chi connectivity index (χ0n) is 7.63. The summed E-state index contributed by atoms with van der Waals surface area (Å²) < 4.78 is 0. The Bertz CT molecular complexity index is 324. The molecule has 1 aromatic heterocycles. The van der Waals surface area contributed by atoms with Gasteiger partial charge in [0.05, 0.1) is 5.02 Å². The van der Waals surface area contributed by atoms with Gasteiger partial charge in [0, 0.05) is 32.4 Å². The maximum atomic E-state index is 6.07. The fraction of sp³-hybridized carbons (Fsp3) is 0.444. The summed E-state index contributed by atoms with van der Waals surface area (Å²) in [6.07, 6.45) is 1.69. The smallest absolute Gasteiger partial charge is 0.148 e. The van der Waals surface area contributed by atoms with Crippen molar-refractivity contribution in [2.24, 2.45) is 0 Å². The normalized spacial score (nSPS) is 17.1. The SMILES string of the molecule is Clc1ccnc(N2CCNCC2)c1Cl. The first-order valence-corrected chi connectivity index (χ1v) is 5.30. The predicted octanol–water partition coefficient (Wildman–Crippen LogP) is 1.80. The van der Waals surface area contributed by atoms with Crippen molar-refractivity contribution in [2.75, 3.05) is 31.1 Å². The van der Waals surface area contributed by atoms with Crippen LogP contribution in [-0.2, 0) is 0 Å². The van der Waals surface area contributed by atoms with Crippen LogP contribution in [0.1, 0.15) is 0 Å². The molecule has 0 bridgehead atoms. The number of aromatic nitrogens is 1. The van der Waals surface area contributed by atoms with E-state index in [1.807, 2.05) is 0 Å². The predicted molar refractivity (Wildman–Crippen MR) is 59.3 cm³/mol. The summed E-state index contributed by atoms with van der Waals surface area (Å²) in [5.74, 6) is 0.792. The van der Waals surface area contributed by atoms with Gasteiger partial charge in [0.2, 0.25) is 0 Å². The Labute approximate surface area is 93.0 Å². The Kier molecular flexibility index (Phi) is 3.11. The molecule has 0 aliphatic carbocycles. The highest BCUT2D eigenvalue weighted by Gasteiger charge is 2.15. The third-order valence-corrected chi connectivity index (χ3v) is 3.02. The Morgan fingerprint density at radius 3 is 2.71 bits per heavy atom. The van der Waals surface area contributed by atoms with Crippen LogP contribution in [0.2, 0.25) is 10.0 Å². The highest BCUT2D eigenvalue weighted by Crippen LogP contribution is 2.30. The van der Waals surface area contributed by atoms with Crippen molar-refractivity contribution in [3.63, 3.8) is 0 Å². The maximum absolute atomic E-state index is 6.07. The first kappa shape index (κ1) is 10.0. The molecule has 2 rings (SSSR count). The van der Waals surface area contributed by atoms with Gasteiger partial charge in [-0.25, -0.2) is 4.98 Å². The molecule has 1 saturated heterocycles. The Hall–Kier alpha value is -0.510. The van der Waals surface area contributed by atoms with E-state index in [0.717, 1.165) is 32.0 Å². The lowest BCUT2D eigenvalue weighted by molar-refractivity contribution is 0.585. The quantitative estimate of drug-likeness (QED) is 0.800. The van der Waals surface area contributed by atoms with Crippen LogP contribution in [0.3, 0.4) is 0 Å². The van der Waals surface area contributed by atoms with E-state index in [1.165, 1.54) is 0 Å². The molecule has 0 atom stereocenters. The summed E-state index contributed by atoms with van der Waals surface area (Å²) in [6.45, 7) is 3.77. The number of nitrogens with zero attached hydrogens (tertiary/aromatic N) is 2. The van der Waals surface area contributed by atoms with E-state index in [9.17, 15) is 0 Å². The van der Waals surface area contributed by atoms with Crippen molar-refractivity contribution < 1.29 is 0 Å². The highest BCUT2D eigenvalue weighted by molar-refractivity contribution is 6.43. The zero-order valence-corrected chi connectivity index (χ0v) is 9.15. The van der Waals surface area contributed by atoms with E-state index in [1.54, 1.807) is 12.3 Å². The molecule has 3 nitrogen and oxygen atoms in total. The summed E-state index contributed by atoms with van der Waals surface area (Å²) in [7, 11) is 0. The van der Waals surface area contributed by atoms with Gasteiger partial charge in [-0.05, 0) is 6.07 Å². The minimum absolute atomic E-state index is 0.552. The Morgan fingerprint density at radius 2 is 2.00 bits per heavy atom. The van der Waals surface area contributed by atoms with Gasteiger partial charge in [-0.2, -0.15) is 0 Å². The summed E-state index contributed by atoms with van der Waals surface area (Å²) >= 11 is 12.0. The average Bonchev–Trinajstić information content (AvgIpc) is 2.23. The molecule has 14 heavy (non-hydrogen) atoms. The second kappa shape index (κ2) is 4.34. The largest absolute Gasteiger partial charge is 0.353 e. The zero-order chi connectivity index (χ0) is 9.97. The first-order chi connectivity index (χ1) is 6.79. The number of hydrogen-bond acceptors (Lipinski definition) is 3. The number of halogens is 2. The second-order valence-electron chi connectivity index (χ2n) is 3.17. The molecule has 5 heteroatoms. The van der Waals surface area contributed by atoms with E-state index < -0.39 is 0 Å². The third-order valence-electron chi connectivity index (χ3n) is 2.24. The third kappa shape index (κ3) is 1.95. The standard InChI is InChI=1S/C9H11Cl2N3/c10-7-1-2-13-9(8(7)11)14-5-3-12-4-6-14/h1-2,12H,3-6H2. The molecule has 1 fully saturated rings. The van der Waals surface area contributed by atoms with Crippen molar-refractivity contribution in [1.82, 2.24) is 10.3 Å². The lowest BCUT2D eigenvalue weighted by atomic mass is 10.3. The van der Waals surface area contributed by atoms with Gasteiger partial charge in [-0.1, -0.05) is 23.2 Å². The van der Waals surface area contributed by atoms with Gasteiger partial charge in [-0.15, -0.1) is 0 Å². The van der Waals surface area contributed by atoms with Crippen LogP contribution in [0.15, 0.2) is 12.3 Å². The minimum Gasteiger partial charge on any atom is -0.353 e. The van der Waals surface area contributed by atoms with Crippen LogP contribution < -0.4 is 10.2 Å². The summed E-state index contributed by atoms with van der Waals surface area (Å²) in [5.41, 5.74) is 0. The fourth-order valence-corrected chi connectivity index (χ4v) is 1.88. The van der Waals surface area contributed by atoms with Gasteiger partial charge >= 0.3 is 0 Å². The van der Waals surface area contributed by atoms with Gasteiger partial charge in [-0.3, -0.25) is 0 Å². The summed E-state index contributed by atoms with van der Waals surface area (Å²) in [4.78, 5) is 6.39. The Balaban J connectivity index is 2.26. The van der Waals surface area contributed by atoms with Crippen molar-refractivity contribution in [3.05, 3.63) is 22.3 Å². The molecule has 1 N–H and O–H groups in total. The van der Waals surface area contributed by atoms with E-state index in [-0.39, 0.29) is 0 Å². The highest BCUT2D eigenvalue weighted by atomic mass is 35.5. The van der Waals surface area contributed by atoms with Gasteiger partial charge in [0.15, 0.2) is 0 Å². The molecule has 2 heterocycles. The molecule has 1 aliphatic rings. The second-order valence-corrected chi connectivity index (χ2v) is 3.95. The number of anilines is 1. The number of piperazine rings is 1. The molecule has 0 spiro atoms. The molecular formula is C9H11Cl2N3. The molecule has 0 aromatic carbocycles. The van der Waals surface area contributed by atoms with Crippen LogP contribution in [0.5, 0.6) is 0 Å². The van der Waals surface area contributed by atoms with Crippen LogP contribution >= 0.6 is 23.2 Å². The van der Waals surface area contributed by atoms with Crippen LogP contribution in [-0.4, -0.2) is 31.2 Å². The van der Waals surface area contributed by atoms with Crippen molar-refractivity contribution in [3.8, 4) is 0 Å². The lowest BCUT2D eigenvalue weighted by Crippen LogP contribution is -2.44. The molecule has 0 saturated carbocycles. The average molecular weight is 232 g/mol. The molecule has 76 valence electrons. The van der Waals surface area contributed by atoms with Crippen molar-refractivity contribution in [2.45, 2.75) is 0 Å². The van der Waals surface area contributed by atoms with E-state index in [2.05, 4.69) is 15.2 Å². The topological polar surface area (TPSA) is 28.2 Å². The van der Waals surface area contributed by atoms with Crippen LogP contribution in [0, 0.1) is 0 Å². The Morgan fingerprint density at radius 1 is 1.29 bits per heavy atom. The van der Waals surface area contributed by atoms with E-state index in [0.29, 0.717) is 10.0 Å². The van der Waals surface area contributed by atoms with Crippen LogP contribution in [0.4, 0.5) is 5.82 Å². The lowest BCUT2D eigenvalue weighted by Gasteiger charge is -2.29. The van der Waals surface area contributed by atoms with Crippen molar-refractivity contribution >= 4 is 29.0 Å². The monoisotopic (exact) mass is 231 g/mol. The number of pyridine rings is 1. The number of rotatable bonds is 1. The van der Waals surface area contributed by atoms with Gasteiger partial charge in [0.25, 0.3) is 0 Å². The van der Waals surface area contributed by atoms with Crippen molar-refractivity contribution in [1.29, 1.82) is 0 Å². The molecule has 1 aromatic rings. The van der Waals surface area contributed by atoms with Gasteiger partial charge in [0.1, 0.15) is 10.8 Å². The molecule has 1 aliphatic heterocycles. The van der Waals surface area contributed by atoms with E-state index >= 15 is 0 Å². The van der Waals surface area contributed by atoms with Crippen LogP contribution in [0.25, 0.3) is 0 Å². The molecular weight excluding hydrogens is 221 g/mol.